The number of rotatable bonds is 6. The Kier molecular flexibility index (Phi) is 6.33. The van der Waals surface area contributed by atoms with Gasteiger partial charge in [-0.05, 0) is 53.6 Å². The molecule has 0 saturated heterocycles. The molecule has 9 heteroatoms. The average molecular weight is 526 g/mol. The standard InChI is InChI=1S/C30H22O9/c31-17-6-1-15(2-7-17)3-12-21(34)25-23(36)14-24(37)26-27(28(38)20-11-10-19(33)13-22(20)35)29(39-30(25)26)16-4-8-18(32)9-5-16/h1-14,27,29,31-33,35-37H/b12-3+/t27-,29-/m1/s1. The maximum absolute atomic E-state index is 13.8. The Hall–Kier alpha value is -5.44. The molecule has 1 heterocycles. The van der Waals surface area contributed by atoms with Crippen LogP contribution >= 0.6 is 0 Å². The van der Waals surface area contributed by atoms with Gasteiger partial charge in [0, 0.05) is 12.1 Å². The lowest BCUT2D eigenvalue weighted by atomic mass is 9.83. The maximum Gasteiger partial charge on any atom is 0.193 e. The van der Waals surface area contributed by atoms with Crippen molar-refractivity contribution in [2.45, 2.75) is 12.0 Å². The topological polar surface area (TPSA) is 165 Å². The molecule has 0 radical (unpaired) electrons. The summed E-state index contributed by atoms with van der Waals surface area (Å²) >= 11 is 0. The first kappa shape index (κ1) is 25.2. The molecule has 0 bridgehead atoms. The molecule has 0 aromatic heterocycles. The minimum atomic E-state index is -1.27. The number of ether oxygens (including phenoxy) is 1. The predicted octanol–water partition coefficient (Wildman–Crippen LogP) is 4.92. The maximum atomic E-state index is 13.8. The van der Waals surface area contributed by atoms with Crippen molar-refractivity contribution in [1.82, 2.24) is 0 Å². The molecule has 39 heavy (non-hydrogen) atoms. The van der Waals surface area contributed by atoms with Gasteiger partial charge in [0.1, 0.15) is 51.9 Å². The molecule has 0 aliphatic carbocycles. The number of allylic oxidation sites excluding steroid dienone is 1. The van der Waals surface area contributed by atoms with Crippen molar-refractivity contribution < 1.29 is 45.0 Å². The lowest BCUT2D eigenvalue weighted by Gasteiger charge is -2.19. The monoisotopic (exact) mass is 526 g/mol. The van der Waals surface area contributed by atoms with E-state index in [1.807, 2.05) is 0 Å². The summed E-state index contributed by atoms with van der Waals surface area (Å²) in [6.45, 7) is 0. The van der Waals surface area contributed by atoms with E-state index >= 15 is 0 Å². The Morgan fingerprint density at radius 1 is 0.692 bits per heavy atom. The Labute approximate surface area is 221 Å². The summed E-state index contributed by atoms with van der Waals surface area (Å²) in [5.74, 6) is -4.65. The second-order valence-corrected chi connectivity index (χ2v) is 9.00. The number of benzene rings is 4. The van der Waals surface area contributed by atoms with Crippen LogP contribution < -0.4 is 4.74 Å². The van der Waals surface area contributed by atoms with Crippen molar-refractivity contribution in [2.75, 3.05) is 0 Å². The quantitative estimate of drug-likeness (QED) is 0.151. The van der Waals surface area contributed by atoms with Crippen LogP contribution in [-0.4, -0.2) is 42.2 Å². The number of hydrogen-bond acceptors (Lipinski definition) is 9. The molecule has 0 saturated carbocycles. The third kappa shape index (κ3) is 4.69. The average Bonchev–Trinajstić information content (AvgIpc) is 3.29. The molecule has 1 aliphatic heterocycles. The van der Waals surface area contributed by atoms with Gasteiger partial charge < -0.3 is 35.4 Å². The van der Waals surface area contributed by atoms with Crippen molar-refractivity contribution in [2.24, 2.45) is 0 Å². The van der Waals surface area contributed by atoms with Crippen molar-refractivity contribution in [3.8, 4) is 40.2 Å². The van der Waals surface area contributed by atoms with Gasteiger partial charge in [-0.25, -0.2) is 0 Å². The zero-order chi connectivity index (χ0) is 27.8. The van der Waals surface area contributed by atoms with Gasteiger partial charge in [-0.1, -0.05) is 30.3 Å². The number of carbonyl (C=O) groups excluding carboxylic acids is 2. The van der Waals surface area contributed by atoms with Crippen LogP contribution in [0.4, 0.5) is 0 Å². The van der Waals surface area contributed by atoms with Gasteiger partial charge in [-0.3, -0.25) is 9.59 Å². The Morgan fingerprint density at radius 2 is 1.31 bits per heavy atom. The van der Waals surface area contributed by atoms with E-state index in [0.717, 1.165) is 12.1 Å². The largest absolute Gasteiger partial charge is 0.508 e. The van der Waals surface area contributed by atoms with Crippen molar-refractivity contribution in [3.05, 3.63) is 107 Å². The van der Waals surface area contributed by atoms with E-state index in [0.29, 0.717) is 11.1 Å². The van der Waals surface area contributed by atoms with Crippen LogP contribution in [-0.2, 0) is 0 Å². The molecular weight excluding hydrogens is 504 g/mol. The van der Waals surface area contributed by atoms with E-state index in [1.165, 1.54) is 60.7 Å². The summed E-state index contributed by atoms with van der Waals surface area (Å²) in [6, 6.07) is 16.2. The van der Waals surface area contributed by atoms with Gasteiger partial charge in [-0.15, -0.1) is 0 Å². The molecule has 2 atom stereocenters. The number of hydrogen-bond donors (Lipinski definition) is 6. The molecule has 6 N–H and O–H groups in total. The molecule has 0 amide bonds. The molecule has 0 fully saturated rings. The summed E-state index contributed by atoms with van der Waals surface area (Å²) in [5, 5.41) is 60.8. The van der Waals surface area contributed by atoms with Gasteiger partial charge in [-0.2, -0.15) is 0 Å². The summed E-state index contributed by atoms with van der Waals surface area (Å²) in [4.78, 5) is 27.0. The normalized spacial score (nSPS) is 16.1. The fourth-order valence-corrected chi connectivity index (χ4v) is 4.58. The number of fused-ring (bicyclic) bond motifs is 1. The Balaban J connectivity index is 1.64. The lowest BCUT2D eigenvalue weighted by molar-refractivity contribution is 0.0891. The molecule has 4 aromatic rings. The Morgan fingerprint density at radius 3 is 1.95 bits per heavy atom. The lowest BCUT2D eigenvalue weighted by Crippen LogP contribution is -2.19. The van der Waals surface area contributed by atoms with Crippen molar-refractivity contribution in [1.29, 1.82) is 0 Å². The SMILES string of the molecule is O=C(/C=C/c1ccc(O)cc1)c1c(O)cc(O)c2c1O[C@H](c1ccc(O)cc1)[C@H]2C(=O)c1ccc(O)cc1O. The number of aromatic hydroxyl groups is 6. The minimum Gasteiger partial charge on any atom is -0.508 e. The highest BCUT2D eigenvalue weighted by atomic mass is 16.5. The van der Waals surface area contributed by atoms with Crippen LogP contribution in [0.3, 0.4) is 0 Å². The second-order valence-electron chi connectivity index (χ2n) is 9.00. The minimum absolute atomic E-state index is 0.0379. The van der Waals surface area contributed by atoms with E-state index in [-0.39, 0.29) is 39.7 Å². The van der Waals surface area contributed by atoms with Crippen molar-refractivity contribution >= 4 is 17.6 Å². The fourth-order valence-electron chi connectivity index (χ4n) is 4.58. The second kappa shape index (κ2) is 9.79. The zero-order valence-electron chi connectivity index (χ0n) is 20.1. The summed E-state index contributed by atoms with van der Waals surface area (Å²) in [6.07, 6.45) is 1.53. The van der Waals surface area contributed by atoms with Gasteiger partial charge in [0.05, 0.1) is 17.0 Å². The highest BCUT2D eigenvalue weighted by Crippen LogP contribution is 2.55. The van der Waals surface area contributed by atoms with Crippen molar-refractivity contribution in [3.63, 3.8) is 0 Å². The summed E-state index contributed by atoms with van der Waals surface area (Å²) in [7, 11) is 0. The number of carbonyl (C=O) groups is 2. The fraction of sp³-hybridized carbons (Fsp3) is 0.0667. The van der Waals surface area contributed by atoms with E-state index in [2.05, 4.69) is 0 Å². The van der Waals surface area contributed by atoms with Crippen LogP contribution in [0, 0.1) is 0 Å². The van der Waals surface area contributed by atoms with E-state index in [1.54, 1.807) is 12.1 Å². The molecule has 4 aromatic carbocycles. The number of ketones is 2. The summed E-state index contributed by atoms with van der Waals surface area (Å²) < 4.78 is 6.09. The first-order valence-electron chi connectivity index (χ1n) is 11.8. The van der Waals surface area contributed by atoms with E-state index in [4.69, 9.17) is 4.74 Å². The molecule has 0 spiro atoms. The Bertz CT molecular complexity index is 1620. The number of phenols is 6. The molecule has 5 rings (SSSR count). The van der Waals surface area contributed by atoms with Gasteiger partial charge in [0.25, 0.3) is 0 Å². The predicted molar refractivity (Wildman–Crippen MR) is 140 cm³/mol. The smallest absolute Gasteiger partial charge is 0.193 e. The third-order valence-electron chi connectivity index (χ3n) is 6.45. The van der Waals surface area contributed by atoms with Gasteiger partial charge in [0.15, 0.2) is 11.6 Å². The highest BCUT2D eigenvalue weighted by Gasteiger charge is 2.46. The summed E-state index contributed by atoms with van der Waals surface area (Å²) in [5.41, 5.74) is 0.495. The van der Waals surface area contributed by atoms with Crippen LogP contribution in [0.2, 0.25) is 0 Å². The molecule has 0 unspecified atom stereocenters. The van der Waals surface area contributed by atoms with E-state index in [9.17, 15) is 40.2 Å². The zero-order valence-corrected chi connectivity index (χ0v) is 20.1. The van der Waals surface area contributed by atoms with Gasteiger partial charge in [0.2, 0.25) is 0 Å². The van der Waals surface area contributed by atoms with Gasteiger partial charge >= 0.3 is 0 Å². The first-order chi connectivity index (χ1) is 18.6. The van der Waals surface area contributed by atoms with Crippen LogP contribution in [0.15, 0.2) is 78.9 Å². The number of phenolic OH excluding ortho intramolecular Hbond substituents is 6. The molecule has 9 nitrogen and oxygen atoms in total. The first-order valence-corrected chi connectivity index (χ1v) is 11.8. The molecule has 196 valence electrons. The van der Waals surface area contributed by atoms with Crippen LogP contribution in [0.25, 0.3) is 6.08 Å². The van der Waals surface area contributed by atoms with Crippen LogP contribution in [0.1, 0.15) is 49.4 Å². The highest BCUT2D eigenvalue weighted by molar-refractivity contribution is 6.12. The molecular formula is C30H22O9. The van der Waals surface area contributed by atoms with Crippen LogP contribution in [0.5, 0.6) is 40.2 Å². The third-order valence-corrected chi connectivity index (χ3v) is 6.45. The molecule has 1 aliphatic rings. The number of Topliss-reactive ketones (excluding diaryl/α,β-unsaturated/α-hetero) is 1. The van der Waals surface area contributed by atoms with E-state index < -0.39 is 40.8 Å².